The highest BCUT2D eigenvalue weighted by molar-refractivity contribution is 5.66. The molecule has 1 nitrogen and oxygen atoms in total. The average Bonchev–Trinajstić information content (AvgIpc) is 2.32. The van der Waals surface area contributed by atoms with E-state index in [0.717, 1.165) is 30.2 Å². The molecule has 1 rings (SSSR count). The first kappa shape index (κ1) is 16.8. The van der Waals surface area contributed by atoms with E-state index in [1.165, 1.54) is 6.07 Å². The van der Waals surface area contributed by atoms with Gasteiger partial charge in [-0.15, -0.1) is 0 Å². The van der Waals surface area contributed by atoms with Crippen molar-refractivity contribution >= 4 is 5.57 Å². The quantitative estimate of drug-likeness (QED) is 0.766. The minimum Gasteiger partial charge on any atom is -0.314 e. The lowest BCUT2D eigenvalue weighted by molar-refractivity contribution is -0.137. The van der Waals surface area contributed by atoms with Crippen molar-refractivity contribution in [3.8, 4) is 0 Å². The normalized spacial score (nSPS) is 13.1. The average molecular weight is 285 g/mol. The lowest BCUT2D eigenvalue weighted by Gasteiger charge is -2.12. The van der Waals surface area contributed by atoms with Crippen LogP contribution in [0, 0.1) is 6.92 Å². The number of hydrogen-bond donors (Lipinski definition) is 1. The van der Waals surface area contributed by atoms with Crippen molar-refractivity contribution in [3.05, 3.63) is 41.0 Å². The van der Waals surface area contributed by atoms with Gasteiger partial charge in [0.25, 0.3) is 0 Å². The topological polar surface area (TPSA) is 12.0 Å². The molecule has 20 heavy (non-hydrogen) atoms. The van der Waals surface area contributed by atoms with Crippen LogP contribution in [-0.2, 0) is 6.18 Å². The second-order valence-corrected chi connectivity index (χ2v) is 5.31. The van der Waals surface area contributed by atoms with Crippen molar-refractivity contribution < 1.29 is 13.2 Å². The highest BCUT2D eigenvalue weighted by Crippen LogP contribution is 2.31. The molecule has 0 bridgehead atoms. The summed E-state index contributed by atoms with van der Waals surface area (Å²) < 4.78 is 37.8. The zero-order valence-electron chi connectivity index (χ0n) is 12.4. The third-order valence-corrected chi connectivity index (χ3v) is 3.13. The minimum absolute atomic E-state index is 0.441. The summed E-state index contributed by atoms with van der Waals surface area (Å²) in [6.45, 7) is 8.68. The Balaban J connectivity index is 2.79. The summed E-state index contributed by atoms with van der Waals surface area (Å²) in [5.41, 5.74) is 1.96. The van der Waals surface area contributed by atoms with Gasteiger partial charge in [0.15, 0.2) is 0 Å². The molecule has 0 spiro atoms. The van der Waals surface area contributed by atoms with Crippen LogP contribution in [0.3, 0.4) is 0 Å². The fraction of sp³-hybridized carbons (Fsp3) is 0.500. The van der Waals surface area contributed by atoms with E-state index in [2.05, 4.69) is 25.2 Å². The first-order valence-electron chi connectivity index (χ1n) is 6.80. The van der Waals surface area contributed by atoms with Crippen LogP contribution in [0.25, 0.3) is 5.57 Å². The van der Waals surface area contributed by atoms with Crippen LogP contribution in [0.15, 0.2) is 24.3 Å². The number of nitrogens with one attached hydrogen (secondary N) is 1. The van der Waals surface area contributed by atoms with E-state index in [1.54, 1.807) is 13.0 Å². The third kappa shape index (κ3) is 5.00. The maximum Gasteiger partial charge on any atom is 0.416 e. The number of rotatable bonds is 5. The van der Waals surface area contributed by atoms with E-state index in [0.29, 0.717) is 11.6 Å². The maximum atomic E-state index is 12.6. The largest absolute Gasteiger partial charge is 0.416 e. The summed E-state index contributed by atoms with van der Waals surface area (Å²) in [7, 11) is 0. The van der Waals surface area contributed by atoms with Crippen molar-refractivity contribution in [2.75, 3.05) is 6.54 Å². The Labute approximate surface area is 118 Å². The summed E-state index contributed by atoms with van der Waals surface area (Å²) >= 11 is 0. The predicted octanol–water partition coefficient (Wildman–Crippen LogP) is 4.81. The summed E-state index contributed by atoms with van der Waals surface area (Å²) in [6.07, 6.45) is -1.35. The van der Waals surface area contributed by atoms with Crippen LogP contribution in [0.5, 0.6) is 0 Å². The fourth-order valence-corrected chi connectivity index (χ4v) is 2.05. The Bertz CT molecular complexity index is 473. The molecule has 0 saturated carbocycles. The molecule has 0 aromatic heterocycles. The summed E-state index contributed by atoms with van der Waals surface area (Å²) in [5.74, 6) is 0. The van der Waals surface area contributed by atoms with Crippen molar-refractivity contribution in [2.24, 2.45) is 0 Å². The Hall–Kier alpha value is -1.29. The molecule has 0 fully saturated rings. The summed E-state index contributed by atoms with van der Waals surface area (Å²) in [4.78, 5) is 0. The molecule has 0 heterocycles. The predicted molar refractivity (Wildman–Crippen MR) is 77.6 cm³/mol. The van der Waals surface area contributed by atoms with E-state index in [4.69, 9.17) is 0 Å². The molecule has 0 atom stereocenters. The van der Waals surface area contributed by atoms with Crippen LogP contribution >= 0.6 is 0 Å². The highest BCUT2D eigenvalue weighted by atomic mass is 19.4. The molecule has 1 aromatic carbocycles. The molecule has 0 aliphatic rings. The highest BCUT2D eigenvalue weighted by Gasteiger charge is 2.30. The van der Waals surface area contributed by atoms with Gasteiger partial charge in [0.2, 0.25) is 0 Å². The first-order chi connectivity index (χ1) is 9.21. The second-order valence-electron chi connectivity index (χ2n) is 5.31. The number of halogens is 3. The maximum absolute atomic E-state index is 12.6. The van der Waals surface area contributed by atoms with Gasteiger partial charge < -0.3 is 5.32 Å². The molecule has 0 amide bonds. The SMILES string of the molecule is C/C(=C/CCNC(C)C)c1ccc(C(F)(F)F)cc1C. The molecule has 0 aliphatic heterocycles. The Morgan fingerprint density at radius 1 is 1.30 bits per heavy atom. The molecular formula is C16H22F3N. The van der Waals surface area contributed by atoms with Gasteiger partial charge in [0, 0.05) is 6.04 Å². The summed E-state index contributed by atoms with van der Waals surface area (Å²) in [5, 5.41) is 3.30. The zero-order valence-corrected chi connectivity index (χ0v) is 12.4. The Morgan fingerprint density at radius 2 is 1.95 bits per heavy atom. The molecule has 0 saturated heterocycles. The number of benzene rings is 1. The van der Waals surface area contributed by atoms with Crippen LogP contribution < -0.4 is 5.32 Å². The van der Waals surface area contributed by atoms with Gasteiger partial charge in [0.05, 0.1) is 5.56 Å². The molecule has 112 valence electrons. The van der Waals surface area contributed by atoms with E-state index < -0.39 is 11.7 Å². The zero-order chi connectivity index (χ0) is 15.3. The Morgan fingerprint density at radius 3 is 2.45 bits per heavy atom. The van der Waals surface area contributed by atoms with E-state index >= 15 is 0 Å². The van der Waals surface area contributed by atoms with Gasteiger partial charge in [0.1, 0.15) is 0 Å². The number of aryl methyl sites for hydroxylation is 1. The minimum atomic E-state index is -4.28. The third-order valence-electron chi connectivity index (χ3n) is 3.13. The van der Waals surface area contributed by atoms with Gasteiger partial charge in [-0.3, -0.25) is 0 Å². The molecule has 4 heteroatoms. The number of allylic oxidation sites excluding steroid dienone is 1. The second kappa shape index (κ2) is 6.93. The van der Waals surface area contributed by atoms with Gasteiger partial charge in [-0.2, -0.15) is 13.2 Å². The monoisotopic (exact) mass is 285 g/mol. The van der Waals surface area contributed by atoms with Crippen LogP contribution in [0.4, 0.5) is 13.2 Å². The first-order valence-corrected chi connectivity index (χ1v) is 6.80. The molecule has 1 N–H and O–H groups in total. The van der Waals surface area contributed by atoms with Crippen molar-refractivity contribution in [1.29, 1.82) is 0 Å². The van der Waals surface area contributed by atoms with E-state index in [9.17, 15) is 13.2 Å². The summed E-state index contributed by atoms with van der Waals surface area (Å²) in [6, 6.07) is 4.35. The molecular weight excluding hydrogens is 263 g/mol. The molecule has 0 aliphatic carbocycles. The molecule has 1 aromatic rings. The van der Waals surface area contributed by atoms with Crippen LogP contribution in [0.1, 0.15) is 43.9 Å². The van der Waals surface area contributed by atoms with Crippen molar-refractivity contribution in [3.63, 3.8) is 0 Å². The smallest absolute Gasteiger partial charge is 0.314 e. The number of alkyl halides is 3. The lowest BCUT2D eigenvalue weighted by Crippen LogP contribution is -2.23. The van der Waals surface area contributed by atoms with Crippen molar-refractivity contribution in [1.82, 2.24) is 5.32 Å². The Kier molecular flexibility index (Phi) is 5.81. The molecule has 0 unspecified atom stereocenters. The van der Waals surface area contributed by atoms with Gasteiger partial charge in [-0.05, 0) is 55.6 Å². The standard InChI is InChI=1S/C16H22F3N/c1-11(2)20-9-5-6-12(3)15-8-7-14(10-13(15)4)16(17,18)19/h6-8,10-11,20H,5,9H2,1-4H3/b12-6-. The molecule has 0 radical (unpaired) electrons. The lowest BCUT2D eigenvalue weighted by atomic mass is 9.98. The van der Waals surface area contributed by atoms with Gasteiger partial charge >= 0.3 is 6.18 Å². The number of hydrogen-bond acceptors (Lipinski definition) is 1. The van der Waals surface area contributed by atoms with Crippen LogP contribution in [0.2, 0.25) is 0 Å². The van der Waals surface area contributed by atoms with E-state index in [1.807, 2.05) is 6.92 Å². The van der Waals surface area contributed by atoms with Crippen molar-refractivity contribution in [2.45, 2.75) is 46.3 Å². The van der Waals surface area contributed by atoms with E-state index in [-0.39, 0.29) is 0 Å². The fourth-order valence-electron chi connectivity index (χ4n) is 2.05. The van der Waals surface area contributed by atoms with Crippen LogP contribution in [-0.4, -0.2) is 12.6 Å². The van der Waals surface area contributed by atoms with Gasteiger partial charge in [-0.1, -0.05) is 26.0 Å². The van der Waals surface area contributed by atoms with Gasteiger partial charge in [-0.25, -0.2) is 0 Å².